The van der Waals surface area contributed by atoms with Crippen LogP contribution in [0.25, 0.3) is 21.3 Å². The van der Waals surface area contributed by atoms with Gasteiger partial charge in [0, 0.05) is 15.8 Å². The number of halogens is 1. The number of hydrogen-bond donors (Lipinski definition) is 0. The maximum Gasteiger partial charge on any atom is 0.340 e. The Morgan fingerprint density at radius 2 is 1.93 bits per heavy atom. The molecule has 0 aliphatic heterocycles. The molecule has 0 spiro atoms. The number of thiophene rings is 1. The van der Waals surface area contributed by atoms with E-state index in [4.69, 9.17) is 9.72 Å². The van der Waals surface area contributed by atoms with Crippen molar-refractivity contribution in [3.05, 3.63) is 64.2 Å². The number of pyridine rings is 1. The van der Waals surface area contributed by atoms with Crippen molar-refractivity contribution in [1.82, 2.24) is 4.98 Å². The number of rotatable bonds is 4. The smallest absolute Gasteiger partial charge is 0.340 e. The van der Waals surface area contributed by atoms with Gasteiger partial charge in [0.25, 0.3) is 0 Å². The molecule has 0 bridgehead atoms. The average molecular weight is 414 g/mol. The second-order valence-electron chi connectivity index (χ2n) is 7.09. The molecule has 0 N–H and O–H groups in total. The number of carbonyl (C=O) groups excluding carboxylic acids is 1. The molecule has 2 aromatic heterocycles. The zero-order chi connectivity index (χ0) is 19.0. The molecule has 2 heterocycles. The van der Waals surface area contributed by atoms with Crippen LogP contribution in [0.5, 0.6) is 0 Å². The molecule has 3 nitrogen and oxygen atoms in total. The molecule has 0 unspecified atom stereocenters. The van der Waals surface area contributed by atoms with Gasteiger partial charge in [-0.25, -0.2) is 9.78 Å². The number of hydrogen-bond acceptors (Lipinski definition) is 4. The number of ether oxygens (including phenoxy) is 1. The van der Waals surface area contributed by atoms with Crippen LogP contribution >= 0.6 is 23.7 Å². The van der Waals surface area contributed by atoms with Gasteiger partial charge in [-0.3, -0.25) is 0 Å². The molecule has 1 aliphatic rings. The van der Waals surface area contributed by atoms with Gasteiger partial charge in [-0.15, -0.1) is 23.7 Å². The third kappa shape index (κ3) is 3.59. The van der Waals surface area contributed by atoms with Crippen molar-refractivity contribution in [2.24, 2.45) is 0 Å². The number of benzene rings is 1. The van der Waals surface area contributed by atoms with Crippen LogP contribution in [0.15, 0.2) is 36.9 Å². The molecule has 146 valence electrons. The van der Waals surface area contributed by atoms with Crippen molar-refractivity contribution in [2.75, 3.05) is 6.61 Å². The van der Waals surface area contributed by atoms with E-state index in [2.05, 4.69) is 37.8 Å². The Bertz CT molecular complexity index is 1040. The fraction of sp³-hybridized carbons (Fsp3) is 0.304. The van der Waals surface area contributed by atoms with E-state index in [0.717, 1.165) is 39.9 Å². The summed E-state index contributed by atoms with van der Waals surface area (Å²) in [6.45, 7) is 7.82. The minimum absolute atomic E-state index is 0. The van der Waals surface area contributed by atoms with Crippen LogP contribution in [0.1, 0.15) is 44.9 Å². The minimum Gasteiger partial charge on any atom is -0.458 e. The van der Waals surface area contributed by atoms with Crippen LogP contribution in [-0.4, -0.2) is 17.6 Å². The largest absolute Gasteiger partial charge is 0.458 e. The van der Waals surface area contributed by atoms with Gasteiger partial charge in [-0.05, 0) is 50.7 Å². The molecule has 4 rings (SSSR count). The molecule has 3 aromatic rings. The van der Waals surface area contributed by atoms with Crippen molar-refractivity contribution in [1.29, 1.82) is 0 Å². The highest BCUT2D eigenvalue weighted by atomic mass is 35.5. The quantitative estimate of drug-likeness (QED) is 0.376. The fourth-order valence-corrected chi connectivity index (χ4v) is 5.18. The predicted molar refractivity (Wildman–Crippen MR) is 119 cm³/mol. The van der Waals surface area contributed by atoms with Crippen molar-refractivity contribution in [3.8, 4) is 11.1 Å². The highest BCUT2D eigenvalue weighted by Gasteiger charge is 2.26. The lowest BCUT2D eigenvalue weighted by Gasteiger charge is -2.16. The Morgan fingerprint density at radius 1 is 1.21 bits per heavy atom. The number of esters is 1. The van der Waals surface area contributed by atoms with Crippen molar-refractivity contribution < 1.29 is 9.53 Å². The van der Waals surface area contributed by atoms with E-state index in [0.29, 0.717) is 5.56 Å². The Morgan fingerprint density at radius 3 is 2.64 bits per heavy atom. The number of aromatic nitrogens is 1. The second-order valence-corrected chi connectivity index (χ2v) is 8.18. The summed E-state index contributed by atoms with van der Waals surface area (Å²) in [6.07, 6.45) is 6.18. The molecule has 28 heavy (non-hydrogen) atoms. The monoisotopic (exact) mass is 413 g/mol. The standard InChI is InChI=1S/C23H23NO2S.ClH/c1-4-13-26-23(25)19-15(3)24-22-21(17-7-5-6-8-18(17)27-22)20(19)16-11-9-14(2)10-12-16;/h4,9-12H,1,5-8,13H2,2-3H3;1H. The molecular formula is C23H24ClNO2S. The van der Waals surface area contributed by atoms with Gasteiger partial charge in [0.1, 0.15) is 11.4 Å². The summed E-state index contributed by atoms with van der Waals surface area (Å²) >= 11 is 1.78. The van der Waals surface area contributed by atoms with Crippen molar-refractivity contribution in [2.45, 2.75) is 39.5 Å². The summed E-state index contributed by atoms with van der Waals surface area (Å²) in [7, 11) is 0. The highest BCUT2D eigenvalue weighted by Crippen LogP contribution is 2.43. The third-order valence-corrected chi connectivity index (χ3v) is 6.35. The Kier molecular flexibility index (Phi) is 6.21. The minimum atomic E-state index is -0.326. The molecule has 0 saturated heterocycles. The first-order chi connectivity index (χ1) is 13.1. The molecule has 0 fully saturated rings. The number of fused-ring (bicyclic) bond motifs is 3. The van der Waals surface area contributed by atoms with Crippen molar-refractivity contribution in [3.63, 3.8) is 0 Å². The number of carbonyl (C=O) groups is 1. The lowest BCUT2D eigenvalue weighted by atomic mass is 9.89. The summed E-state index contributed by atoms with van der Waals surface area (Å²) < 4.78 is 5.42. The first-order valence-corrected chi connectivity index (χ1v) is 10.2. The lowest BCUT2D eigenvalue weighted by molar-refractivity contribution is 0.0549. The van der Waals surface area contributed by atoms with Crippen LogP contribution in [-0.2, 0) is 17.6 Å². The van der Waals surface area contributed by atoms with E-state index < -0.39 is 0 Å². The summed E-state index contributed by atoms with van der Waals surface area (Å²) in [5.41, 5.74) is 5.91. The van der Waals surface area contributed by atoms with Gasteiger partial charge >= 0.3 is 5.97 Å². The molecular weight excluding hydrogens is 390 g/mol. The maximum absolute atomic E-state index is 12.9. The average Bonchev–Trinajstić information content (AvgIpc) is 3.03. The lowest BCUT2D eigenvalue weighted by Crippen LogP contribution is -2.11. The fourth-order valence-electron chi connectivity index (χ4n) is 3.87. The predicted octanol–water partition coefficient (Wildman–Crippen LogP) is 6.22. The van der Waals surface area contributed by atoms with Gasteiger partial charge < -0.3 is 4.74 Å². The van der Waals surface area contributed by atoms with Crippen LogP contribution < -0.4 is 0 Å². The van der Waals surface area contributed by atoms with E-state index >= 15 is 0 Å². The summed E-state index contributed by atoms with van der Waals surface area (Å²) in [5.74, 6) is -0.326. The van der Waals surface area contributed by atoms with E-state index in [9.17, 15) is 4.79 Å². The first-order valence-electron chi connectivity index (χ1n) is 9.40. The van der Waals surface area contributed by atoms with Crippen molar-refractivity contribution >= 4 is 39.9 Å². The first kappa shape index (κ1) is 20.6. The van der Waals surface area contributed by atoms with Gasteiger partial charge in [0.15, 0.2) is 0 Å². The molecule has 1 aliphatic carbocycles. The summed E-state index contributed by atoms with van der Waals surface area (Å²) in [6, 6.07) is 8.38. The highest BCUT2D eigenvalue weighted by molar-refractivity contribution is 7.19. The number of nitrogens with zero attached hydrogens (tertiary/aromatic N) is 1. The van der Waals surface area contributed by atoms with Crippen LogP contribution in [0.2, 0.25) is 0 Å². The van der Waals surface area contributed by atoms with E-state index in [-0.39, 0.29) is 25.0 Å². The maximum atomic E-state index is 12.9. The van der Waals surface area contributed by atoms with Gasteiger partial charge in [-0.1, -0.05) is 42.5 Å². The SMILES string of the molecule is C=CCOC(=O)c1c(C)nc2sc3c(c2c1-c1ccc(C)cc1)CCCC3.Cl. The van der Waals surface area contributed by atoms with Crippen LogP contribution in [0.3, 0.4) is 0 Å². The zero-order valence-corrected chi connectivity index (χ0v) is 17.8. The van der Waals surface area contributed by atoms with Gasteiger partial charge in [0.05, 0.1) is 11.3 Å². The van der Waals surface area contributed by atoms with E-state index in [1.54, 1.807) is 17.4 Å². The summed E-state index contributed by atoms with van der Waals surface area (Å²) in [5, 5.41) is 1.15. The van der Waals surface area contributed by atoms with E-state index in [1.807, 2.05) is 6.92 Å². The Labute approximate surface area is 175 Å². The van der Waals surface area contributed by atoms with Crippen LogP contribution in [0.4, 0.5) is 0 Å². The van der Waals surface area contributed by atoms with Gasteiger partial charge in [-0.2, -0.15) is 0 Å². The molecule has 0 radical (unpaired) electrons. The molecule has 0 atom stereocenters. The molecule has 0 amide bonds. The Hall–Kier alpha value is -2.17. The van der Waals surface area contributed by atoms with Crippen LogP contribution in [0, 0.1) is 13.8 Å². The molecule has 5 heteroatoms. The number of aryl methyl sites for hydroxylation is 4. The van der Waals surface area contributed by atoms with Gasteiger partial charge in [0.2, 0.25) is 0 Å². The Balaban J connectivity index is 0.00000225. The second kappa shape index (κ2) is 8.46. The topological polar surface area (TPSA) is 39.2 Å². The molecule has 1 aromatic carbocycles. The normalized spacial score (nSPS) is 12.9. The molecule has 0 saturated carbocycles. The third-order valence-electron chi connectivity index (χ3n) is 5.16. The summed E-state index contributed by atoms with van der Waals surface area (Å²) in [4.78, 5) is 20.2. The van der Waals surface area contributed by atoms with E-state index in [1.165, 1.54) is 28.8 Å². The zero-order valence-electron chi connectivity index (χ0n) is 16.2.